The quantitative estimate of drug-likeness (QED) is 0.601. The predicted molar refractivity (Wildman–Crippen MR) is 91.9 cm³/mol. The van der Waals surface area contributed by atoms with Gasteiger partial charge < -0.3 is 4.98 Å². The SMILES string of the molecule is CCn1ncc2cc(C(=O)Nc3nc4ccc(F)cc4[nH]3)c(C)nc21. The normalized spacial score (nSPS) is 11.3. The number of aromatic nitrogens is 5. The van der Waals surface area contributed by atoms with Gasteiger partial charge in [-0.2, -0.15) is 5.10 Å². The maximum Gasteiger partial charge on any atom is 0.259 e. The van der Waals surface area contributed by atoms with Gasteiger partial charge >= 0.3 is 0 Å². The van der Waals surface area contributed by atoms with Gasteiger partial charge in [0.2, 0.25) is 5.95 Å². The first-order valence-electron chi connectivity index (χ1n) is 7.85. The molecule has 0 aliphatic carbocycles. The number of aryl methyl sites for hydroxylation is 2. The monoisotopic (exact) mass is 338 g/mol. The first kappa shape index (κ1) is 15.3. The smallest absolute Gasteiger partial charge is 0.259 e. The summed E-state index contributed by atoms with van der Waals surface area (Å²) in [4.78, 5) is 24.2. The molecule has 0 saturated heterocycles. The topological polar surface area (TPSA) is 88.5 Å². The van der Waals surface area contributed by atoms with Gasteiger partial charge in [-0.3, -0.25) is 10.1 Å². The van der Waals surface area contributed by atoms with Crippen LogP contribution in [0, 0.1) is 12.7 Å². The number of nitrogens with zero attached hydrogens (tertiary/aromatic N) is 4. The third-order valence-corrected chi connectivity index (χ3v) is 4.02. The summed E-state index contributed by atoms with van der Waals surface area (Å²) in [5, 5.41) is 7.74. The molecule has 3 heterocycles. The Kier molecular flexibility index (Phi) is 3.45. The zero-order valence-corrected chi connectivity index (χ0v) is 13.7. The van der Waals surface area contributed by atoms with Crippen LogP contribution in [0.5, 0.6) is 0 Å². The summed E-state index contributed by atoms with van der Waals surface area (Å²) in [6.07, 6.45) is 1.69. The Morgan fingerprint density at radius 2 is 2.16 bits per heavy atom. The highest BCUT2D eigenvalue weighted by Crippen LogP contribution is 2.19. The van der Waals surface area contributed by atoms with E-state index in [1.165, 1.54) is 12.1 Å². The number of amides is 1. The Bertz CT molecular complexity index is 1110. The summed E-state index contributed by atoms with van der Waals surface area (Å²) in [5.74, 6) is -0.447. The molecule has 0 saturated carbocycles. The molecule has 25 heavy (non-hydrogen) atoms. The summed E-state index contributed by atoms with van der Waals surface area (Å²) >= 11 is 0. The number of anilines is 1. The minimum absolute atomic E-state index is 0.259. The number of carbonyl (C=O) groups is 1. The number of carbonyl (C=O) groups excluding carboxylic acids is 1. The molecule has 0 bridgehead atoms. The van der Waals surface area contributed by atoms with Crippen LogP contribution in [-0.4, -0.2) is 30.6 Å². The summed E-state index contributed by atoms with van der Waals surface area (Å²) in [5.41, 5.74) is 2.88. The van der Waals surface area contributed by atoms with E-state index in [0.29, 0.717) is 28.8 Å². The lowest BCUT2D eigenvalue weighted by Crippen LogP contribution is -2.15. The van der Waals surface area contributed by atoms with E-state index in [-0.39, 0.29) is 17.7 Å². The van der Waals surface area contributed by atoms with Gasteiger partial charge in [-0.25, -0.2) is 19.0 Å². The highest BCUT2D eigenvalue weighted by molar-refractivity contribution is 6.06. The van der Waals surface area contributed by atoms with Crippen LogP contribution in [0.3, 0.4) is 0 Å². The fourth-order valence-electron chi connectivity index (χ4n) is 2.77. The number of hydrogen-bond donors (Lipinski definition) is 2. The van der Waals surface area contributed by atoms with Gasteiger partial charge in [0.15, 0.2) is 5.65 Å². The zero-order valence-electron chi connectivity index (χ0n) is 13.7. The van der Waals surface area contributed by atoms with Crippen molar-refractivity contribution < 1.29 is 9.18 Å². The summed E-state index contributed by atoms with van der Waals surface area (Å²) in [6, 6.07) is 5.96. The molecule has 0 spiro atoms. The number of imidazole rings is 1. The van der Waals surface area contributed by atoms with Crippen LogP contribution in [0.25, 0.3) is 22.1 Å². The number of benzene rings is 1. The predicted octanol–water partition coefficient (Wildman–Crippen LogP) is 3.03. The summed E-state index contributed by atoms with van der Waals surface area (Å²) in [7, 11) is 0. The van der Waals surface area contributed by atoms with Crippen molar-refractivity contribution in [1.29, 1.82) is 0 Å². The van der Waals surface area contributed by atoms with Crippen LogP contribution >= 0.6 is 0 Å². The Morgan fingerprint density at radius 1 is 1.32 bits per heavy atom. The van der Waals surface area contributed by atoms with Crippen molar-refractivity contribution in [3.8, 4) is 0 Å². The first-order chi connectivity index (χ1) is 12.0. The molecule has 0 aliphatic heterocycles. The van der Waals surface area contributed by atoms with Gasteiger partial charge in [-0.15, -0.1) is 0 Å². The Hall–Kier alpha value is -3.29. The molecule has 8 heteroatoms. The minimum Gasteiger partial charge on any atom is -0.324 e. The van der Waals surface area contributed by atoms with Gasteiger partial charge in [-0.05, 0) is 38.1 Å². The molecular formula is C17H15FN6O. The standard InChI is InChI=1S/C17H15FN6O/c1-3-24-15-10(8-19-24)6-12(9(2)20-15)16(25)23-17-21-13-5-4-11(18)7-14(13)22-17/h4-8H,3H2,1-2H3,(H2,21,22,23,25). The fraction of sp³-hybridized carbons (Fsp3) is 0.176. The number of pyridine rings is 1. The van der Waals surface area contributed by atoms with Crippen molar-refractivity contribution in [2.45, 2.75) is 20.4 Å². The van der Waals surface area contributed by atoms with Gasteiger partial charge in [0.1, 0.15) is 5.82 Å². The summed E-state index contributed by atoms with van der Waals surface area (Å²) in [6.45, 7) is 4.46. The van der Waals surface area contributed by atoms with Crippen molar-refractivity contribution in [2.75, 3.05) is 5.32 Å². The number of H-pyrrole nitrogens is 1. The largest absolute Gasteiger partial charge is 0.324 e. The lowest BCUT2D eigenvalue weighted by Gasteiger charge is -2.06. The van der Waals surface area contributed by atoms with Gasteiger partial charge in [-0.1, -0.05) is 0 Å². The van der Waals surface area contributed by atoms with Crippen LogP contribution in [0.15, 0.2) is 30.5 Å². The molecule has 1 amide bonds. The van der Waals surface area contributed by atoms with Crippen LogP contribution in [0.2, 0.25) is 0 Å². The Balaban J connectivity index is 1.67. The molecule has 3 aromatic heterocycles. The van der Waals surface area contributed by atoms with Crippen molar-refractivity contribution >= 4 is 33.9 Å². The van der Waals surface area contributed by atoms with Crippen molar-refractivity contribution in [3.63, 3.8) is 0 Å². The van der Waals surface area contributed by atoms with Crippen LogP contribution in [0.1, 0.15) is 23.0 Å². The molecule has 1 aromatic carbocycles. The minimum atomic E-state index is -0.368. The lowest BCUT2D eigenvalue weighted by atomic mass is 10.1. The van der Waals surface area contributed by atoms with E-state index in [1.54, 1.807) is 29.9 Å². The number of nitrogens with one attached hydrogen (secondary N) is 2. The molecule has 126 valence electrons. The third kappa shape index (κ3) is 2.61. The van der Waals surface area contributed by atoms with E-state index in [0.717, 1.165) is 11.0 Å². The van der Waals surface area contributed by atoms with E-state index < -0.39 is 0 Å². The second kappa shape index (κ2) is 5.66. The molecular weight excluding hydrogens is 323 g/mol. The number of rotatable bonds is 3. The highest BCUT2D eigenvalue weighted by atomic mass is 19.1. The average Bonchev–Trinajstić information content (AvgIpc) is 3.16. The molecule has 0 atom stereocenters. The van der Waals surface area contributed by atoms with Gasteiger partial charge in [0, 0.05) is 11.9 Å². The van der Waals surface area contributed by atoms with Gasteiger partial charge in [0.25, 0.3) is 5.91 Å². The highest BCUT2D eigenvalue weighted by Gasteiger charge is 2.15. The lowest BCUT2D eigenvalue weighted by molar-refractivity contribution is 0.102. The molecule has 7 nitrogen and oxygen atoms in total. The average molecular weight is 338 g/mol. The maximum absolute atomic E-state index is 13.3. The van der Waals surface area contributed by atoms with E-state index >= 15 is 0 Å². The summed E-state index contributed by atoms with van der Waals surface area (Å²) < 4.78 is 15.0. The van der Waals surface area contributed by atoms with Crippen molar-refractivity contribution in [1.82, 2.24) is 24.7 Å². The second-order valence-corrected chi connectivity index (χ2v) is 5.70. The first-order valence-corrected chi connectivity index (χ1v) is 7.85. The van der Waals surface area contributed by atoms with E-state index in [9.17, 15) is 9.18 Å². The van der Waals surface area contributed by atoms with Gasteiger partial charge in [0.05, 0.1) is 28.5 Å². The third-order valence-electron chi connectivity index (χ3n) is 4.02. The molecule has 0 radical (unpaired) electrons. The number of aromatic amines is 1. The van der Waals surface area contributed by atoms with Crippen molar-refractivity contribution in [3.05, 3.63) is 47.5 Å². The van der Waals surface area contributed by atoms with Crippen LogP contribution in [-0.2, 0) is 6.54 Å². The van der Waals surface area contributed by atoms with E-state index in [2.05, 4.69) is 25.4 Å². The second-order valence-electron chi connectivity index (χ2n) is 5.70. The van der Waals surface area contributed by atoms with E-state index in [1.807, 2.05) is 6.92 Å². The fourth-order valence-corrected chi connectivity index (χ4v) is 2.77. The number of hydrogen-bond acceptors (Lipinski definition) is 4. The maximum atomic E-state index is 13.3. The molecule has 2 N–H and O–H groups in total. The molecule has 4 aromatic rings. The van der Waals surface area contributed by atoms with Crippen LogP contribution in [0.4, 0.5) is 10.3 Å². The molecule has 0 unspecified atom stereocenters. The Labute approximate surface area is 141 Å². The molecule has 0 aliphatic rings. The number of fused-ring (bicyclic) bond motifs is 2. The van der Waals surface area contributed by atoms with E-state index in [4.69, 9.17) is 0 Å². The Morgan fingerprint density at radius 3 is 2.96 bits per heavy atom. The zero-order chi connectivity index (χ0) is 17.6. The number of halogens is 1. The van der Waals surface area contributed by atoms with Crippen molar-refractivity contribution in [2.24, 2.45) is 0 Å². The van der Waals surface area contributed by atoms with Crippen LogP contribution < -0.4 is 5.32 Å². The molecule has 0 fully saturated rings. The molecule has 4 rings (SSSR count).